The van der Waals surface area contributed by atoms with Crippen LogP contribution in [-0.2, 0) is 12.0 Å². The molecule has 0 bridgehead atoms. The molecule has 0 aliphatic heterocycles. The van der Waals surface area contributed by atoms with E-state index in [1.54, 1.807) is 11.8 Å². The van der Waals surface area contributed by atoms with Gasteiger partial charge in [-0.15, -0.1) is 0 Å². The molecule has 0 aliphatic rings. The summed E-state index contributed by atoms with van der Waals surface area (Å²) in [7, 11) is 0. The summed E-state index contributed by atoms with van der Waals surface area (Å²) in [4.78, 5) is 2.39. The van der Waals surface area contributed by atoms with E-state index in [4.69, 9.17) is 5.11 Å². The number of aliphatic hydroxyl groups is 1. The molecule has 0 unspecified atom stereocenters. The fourth-order valence-electron chi connectivity index (χ4n) is 1.88. The highest BCUT2D eigenvalue weighted by Gasteiger charge is 2.13. The molecule has 0 aliphatic carbocycles. The van der Waals surface area contributed by atoms with E-state index in [-0.39, 0.29) is 12.0 Å². The molecule has 1 N–H and O–H groups in total. The first-order chi connectivity index (χ1) is 9.40. The first kappa shape index (κ1) is 15.6. The number of rotatable bonds is 3. The highest BCUT2D eigenvalue weighted by molar-refractivity contribution is 9.10. The maximum absolute atomic E-state index is 9.17. The quantitative estimate of drug-likeness (QED) is 0.800. The van der Waals surface area contributed by atoms with Crippen LogP contribution in [0, 0.1) is 0 Å². The van der Waals surface area contributed by atoms with E-state index in [1.807, 2.05) is 18.2 Å². The van der Waals surface area contributed by atoms with Gasteiger partial charge in [0.25, 0.3) is 0 Å². The monoisotopic (exact) mass is 350 g/mol. The van der Waals surface area contributed by atoms with Crippen LogP contribution in [0.15, 0.2) is 56.7 Å². The van der Waals surface area contributed by atoms with E-state index < -0.39 is 0 Å². The lowest BCUT2D eigenvalue weighted by atomic mass is 9.87. The van der Waals surface area contributed by atoms with Crippen molar-refractivity contribution in [1.82, 2.24) is 0 Å². The van der Waals surface area contributed by atoms with Gasteiger partial charge in [0.2, 0.25) is 0 Å². The van der Waals surface area contributed by atoms with Gasteiger partial charge < -0.3 is 5.11 Å². The van der Waals surface area contributed by atoms with Gasteiger partial charge in [-0.3, -0.25) is 0 Å². The van der Waals surface area contributed by atoms with Crippen molar-refractivity contribution >= 4 is 27.7 Å². The highest BCUT2D eigenvalue weighted by Crippen LogP contribution is 2.32. The zero-order valence-corrected chi connectivity index (χ0v) is 14.4. The Morgan fingerprint density at radius 3 is 2.10 bits per heavy atom. The van der Waals surface area contributed by atoms with E-state index in [1.165, 1.54) is 10.5 Å². The van der Waals surface area contributed by atoms with Gasteiger partial charge in [-0.05, 0) is 40.8 Å². The Kier molecular flexibility index (Phi) is 4.95. The molecule has 106 valence electrons. The minimum atomic E-state index is 0.0613. The fraction of sp³-hybridized carbons (Fsp3) is 0.294. The predicted octanol–water partition coefficient (Wildman–Crippen LogP) is 5.39. The van der Waals surface area contributed by atoms with Crippen LogP contribution in [0.4, 0.5) is 0 Å². The van der Waals surface area contributed by atoms with E-state index in [0.29, 0.717) is 0 Å². The summed E-state index contributed by atoms with van der Waals surface area (Å²) in [6.07, 6.45) is 0. The van der Waals surface area contributed by atoms with Gasteiger partial charge in [0.05, 0.1) is 6.61 Å². The molecule has 0 fully saturated rings. The predicted molar refractivity (Wildman–Crippen MR) is 89.3 cm³/mol. The summed E-state index contributed by atoms with van der Waals surface area (Å²) in [6.45, 7) is 6.73. The molecule has 3 heteroatoms. The standard InChI is InChI=1S/C17H19BrOS/c1-17(2,3)13-5-8-14(9-6-13)20-15-7-4-12(11-19)16(18)10-15/h4-10,19H,11H2,1-3H3. The second-order valence-corrected chi connectivity index (χ2v) is 7.79. The van der Waals surface area contributed by atoms with Crippen LogP contribution in [0.2, 0.25) is 0 Å². The molecule has 2 aromatic carbocycles. The minimum absolute atomic E-state index is 0.0613. The average Bonchev–Trinajstić information content (AvgIpc) is 2.38. The first-order valence-electron chi connectivity index (χ1n) is 6.58. The molecule has 0 radical (unpaired) electrons. The third-order valence-electron chi connectivity index (χ3n) is 3.15. The van der Waals surface area contributed by atoms with Crippen LogP contribution >= 0.6 is 27.7 Å². The first-order valence-corrected chi connectivity index (χ1v) is 8.19. The summed E-state index contributed by atoms with van der Waals surface area (Å²) in [6, 6.07) is 14.8. The zero-order valence-electron chi connectivity index (χ0n) is 12.0. The normalized spacial score (nSPS) is 11.7. The maximum atomic E-state index is 9.17. The number of hydrogen-bond donors (Lipinski definition) is 1. The van der Waals surface area contributed by atoms with Crippen molar-refractivity contribution in [3.63, 3.8) is 0 Å². The van der Waals surface area contributed by atoms with E-state index >= 15 is 0 Å². The molecule has 0 saturated carbocycles. The molecule has 1 nitrogen and oxygen atoms in total. The molecule has 0 amide bonds. The maximum Gasteiger partial charge on any atom is 0.0692 e. The van der Waals surface area contributed by atoms with Gasteiger partial charge in [0, 0.05) is 14.3 Å². The number of hydrogen-bond acceptors (Lipinski definition) is 2. The van der Waals surface area contributed by atoms with Crippen molar-refractivity contribution in [1.29, 1.82) is 0 Å². The molecule has 0 aromatic heterocycles. The molecule has 0 spiro atoms. The average molecular weight is 351 g/mol. The van der Waals surface area contributed by atoms with Crippen LogP contribution in [-0.4, -0.2) is 5.11 Å². The third kappa shape index (κ3) is 3.87. The van der Waals surface area contributed by atoms with E-state index in [0.717, 1.165) is 14.9 Å². The fourth-order valence-corrected chi connectivity index (χ4v) is 3.39. The summed E-state index contributed by atoms with van der Waals surface area (Å²) in [5.74, 6) is 0. The molecule has 2 aromatic rings. The lowest BCUT2D eigenvalue weighted by molar-refractivity contribution is 0.281. The van der Waals surface area contributed by atoms with Crippen LogP contribution in [0.5, 0.6) is 0 Å². The molecule has 2 rings (SSSR count). The Labute approximate surface area is 133 Å². The van der Waals surface area contributed by atoms with Crippen LogP contribution in [0.1, 0.15) is 31.9 Å². The van der Waals surface area contributed by atoms with Crippen LogP contribution in [0.3, 0.4) is 0 Å². The Bertz CT molecular complexity index is 585. The lowest BCUT2D eigenvalue weighted by Crippen LogP contribution is -2.10. The third-order valence-corrected chi connectivity index (χ3v) is 4.89. The van der Waals surface area contributed by atoms with Crippen LogP contribution < -0.4 is 0 Å². The summed E-state index contributed by atoms with van der Waals surface area (Å²) < 4.78 is 0.955. The van der Waals surface area contributed by atoms with Gasteiger partial charge in [-0.1, -0.05) is 66.7 Å². The zero-order chi connectivity index (χ0) is 14.8. The van der Waals surface area contributed by atoms with E-state index in [2.05, 4.69) is 61.0 Å². The summed E-state index contributed by atoms with van der Waals surface area (Å²) >= 11 is 5.21. The number of halogens is 1. The SMILES string of the molecule is CC(C)(C)c1ccc(Sc2ccc(CO)c(Br)c2)cc1. The van der Waals surface area contributed by atoms with Crippen molar-refractivity contribution in [2.75, 3.05) is 0 Å². The van der Waals surface area contributed by atoms with Crippen molar-refractivity contribution in [2.45, 2.75) is 42.6 Å². The van der Waals surface area contributed by atoms with Gasteiger partial charge in [0.1, 0.15) is 0 Å². The van der Waals surface area contributed by atoms with Gasteiger partial charge in [0.15, 0.2) is 0 Å². The Morgan fingerprint density at radius 2 is 1.60 bits per heavy atom. The van der Waals surface area contributed by atoms with Crippen molar-refractivity contribution in [3.8, 4) is 0 Å². The largest absolute Gasteiger partial charge is 0.392 e. The molecule has 0 saturated heterocycles. The molecule has 0 heterocycles. The summed E-state index contributed by atoms with van der Waals surface area (Å²) in [5, 5.41) is 9.17. The molecule has 0 atom stereocenters. The van der Waals surface area contributed by atoms with Gasteiger partial charge in [-0.25, -0.2) is 0 Å². The van der Waals surface area contributed by atoms with Crippen molar-refractivity contribution in [2.24, 2.45) is 0 Å². The highest BCUT2D eigenvalue weighted by atomic mass is 79.9. The van der Waals surface area contributed by atoms with Gasteiger partial charge in [-0.2, -0.15) is 0 Å². The molecule has 20 heavy (non-hydrogen) atoms. The van der Waals surface area contributed by atoms with Crippen molar-refractivity contribution < 1.29 is 5.11 Å². The van der Waals surface area contributed by atoms with Crippen LogP contribution in [0.25, 0.3) is 0 Å². The lowest BCUT2D eigenvalue weighted by Gasteiger charge is -2.19. The summed E-state index contributed by atoms with van der Waals surface area (Å²) in [5.41, 5.74) is 2.45. The Hall–Kier alpha value is -0.770. The minimum Gasteiger partial charge on any atom is -0.392 e. The molecular formula is C17H19BrOS. The molecular weight excluding hydrogens is 332 g/mol. The Morgan fingerprint density at radius 1 is 1.00 bits per heavy atom. The second kappa shape index (κ2) is 6.33. The number of aliphatic hydroxyl groups excluding tert-OH is 1. The Balaban J connectivity index is 2.16. The second-order valence-electron chi connectivity index (χ2n) is 5.79. The topological polar surface area (TPSA) is 20.2 Å². The van der Waals surface area contributed by atoms with Crippen molar-refractivity contribution in [3.05, 3.63) is 58.1 Å². The van der Waals surface area contributed by atoms with E-state index in [9.17, 15) is 0 Å². The van der Waals surface area contributed by atoms with Gasteiger partial charge >= 0.3 is 0 Å². The number of benzene rings is 2. The smallest absolute Gasteiger partial charge is 0.0692 e.